The van der Waals surface area contributed by atoms with Gasteiger partial charge >= 0.3 is 18.1 Å². The van der Waals surface area contributed by atoms with Crippen molar-refractivity contribution in [2.24, 2.45) is 5.16 Å². The molecular weight excluding hydrogens is 601 g/mol. The number of oxime groups is 1. The van der Waals surface area contributed by atoms with E-state index < -0.39 is 41.3 Å². The van der Waals surface area contributed by atoms with E-state index >= 15 is 0 Å². The zero-order valence-electron chi connectivity index (χ0n) is 20.3. The molecule has 0 spiro atoms. The van der Waals surface area contributed by atoms with Gasteiger partial charge in [0.15, 0.2) is 10.8 Å². The van der Waals surface area contributed by atoms with Gasteiger partial charge in [0.05, 0.1) is 11.2 Å². The van der Waals surface area contributed by atoms with Crippen LogP contribution in [0, 0.1) is 6.92 Å². The molecule has 19 heteroatoms. The van der Waals surface area contributed by atoms with Gasteiger partial charge in [-0.3, -0.25) is 14.5 Å². The lowest BCUT2D eigenvalue weighted by Crippen LogP contribution is -2.71. The number of amides is 2. The van der Waals surface area contributed by atoms with Crippen LogP contribution in [0.1, 0.15) is 16.3 Å². The van der Waals surface area contributed by atoms with Crippen molar-refractivity contribution in [3.63, 3.8) is 0 Å². The quantitative estimate of drug-likeness (QED) is 0.200. The van der Waals surface area contributed by atoms with Crippen molar-refractivity contribution in [2.75, 3.05) is 18.6 Å². The summed E-state index contributed by atoms with van der Waals surface area (Å²) < 4.78 is 31.7. The second kappa shape index (κ2) is 12.5. The Kier molecular flexibility index (Phi) is 9.53. The number of fused-ring (bicyclic) bond motifs is 1. The molecule has 2 aliphatic rings. The number of carboxylic acid groups (broad SMARTS) is 2. The molecule has 0 saturated carbocycles. The monoisotopic (exact) mass is 620 g/mol. The molecule has 2 aromatic heterocycles. The van der Waals surface area contributed by atoms with Crippen LogP contribution in [0.4, 0.5) is 18.3 Å². The van der Waals surface area contributed by atoms with Crippen LogP contribution < -0.4 is 11.1 Å². The molecule has 2 atom stereocenters. The number of carboxylic acids is 2. The van der Waals surface area contributed by atoms with Crippen molar-refractivity contribution in [1.29, 1.82) is 0 Å². The van der Waals surface area contributed by atoms with Gasteiger partial charge in [0.25, 0.3) is 11.8 Å². The van der Waals surface area contributed by atoms with Gasteiger partial charge in [0.1, 0.15) is 29.9 Å². The smallest absolute Gasteiger partial charge is 0.477 e. The number of hydrogen-bond acceptors (Lipinski definition) is 12. The summed E-state index contributed by atoms with van der Waals surface area (Å²) in [6, 6.07) is -0.913. The first-order valence-corrected chi connectivity index (χ1v) is 13.5. The molecule has 2 amide bonds. The van der Waals surface area contributed by atoms with Gasteiger partial charge < -0.3 is 26.1 Å². The second-order valence-corrected chi connectivity index (χ2v) is 10.6. The Morgan fingerprint density at radius 2 is 1.95 bits per heavy atom. The molecule has 5 N–H and O–H groups in total. The Labute approximate surface area is 235 Å². The number of alkyl halides is 3. The number of carbonyl (C=O) groups is 4. The summed E-state index contributed by atoms with van der Waals surface area (Å²) in [4.78, 5) is 61.6. The average Bonchev–Trinajstić information content (AvgIpc) is 3.50. The van der Waals surface area contributed by atoms with Gasteiger partial charge in [-0.25, -0.2) is 19.6 Å². The third-order valence-electron chi connectivity index (χ3n) is 5.11. The number of aliphatic carboxylic acids is 2. The number of nitrogens with two attached hydrogens (primary N) is 1. The first kappa shape index (κ1) is 30.6. The lowest BCUT2D eigenvalue weighted by molar-refractivity contribution is -0.192. The van der Waals surface area contributed by atoms with E-state index in [1.54, 1.807) is 23.0 Å². The zero-order chi connectivity index (χ0) is 29.8. The number of aryl methyl sites for hydroxylation is 1. The maximum absolute atomic E-state index is 12.9. The van der Waals surface area contributed by atoms with Crippen molar-refractivity contribution < 1.29 is 47.4 Å². The summed E-state index contributed by atoms with van der Waals surface area (Å²) >= 11 is 3.94. The molecule has 0 aliphatic carbocycles. The number of nitrogens with one attached hydrogen (secondary N) is 1. The van der Waals surface area contributed by atoms with E-state index in [0.717, 1.165) is 21.9 Å². The fourth-order valence-corrected chi connectivity index (χ4v) is 5.88. The molecule has 2 aliphatic heterocycles. The zero-order valence-corrected chi connectivity index (χ0v) is 22.8. The highest BCUT2D eigenvalue weighted by Gasteiger charge is 2.54. The third kappa shape index (κ3) is 6.77. The molecule has 1 unspecified atom stereocenters. The predicted molar refractivity (Wildman–Crippen MR) is 139 cm³/mol. The van der Waals surface area contributed by atoms with E-state index in [1.165, 1.54) is 35.1 Å². The molecule has 214 valence electrons. The van der Waals surface area contributed by atoms with Gasteiger partial charge in [-0.2, -0.15) is 13.2 Å². The number of halogens is 3. The number of nitrogen functional groups attached to an aromatic ring is 1. The fraction of sp³-hybridized carbons (Fsp3) is 0.286. The summed E-state index contributed by atoms with van der Waals surface area (Å²) in [6.45, 7) is 1.86. The number of allylic oxidation sites excluding steroid dienone is 1. The number of nitrogens with zero attached hydrogens (tertiary/aromatic N) is 4. The first-order chi connectivity index (χ1) is 18.8. The molecule has 1 fully saturated rings. The van der Waals surface area contributed by atoms with Crippen LogP contribution in [-0.4, -0.2) is 85.0 Å². The van der Waals surface area contributed by atoms with E-state index in [4.69, 9.17) is 20.5 Å². The molecule has 4 heterocycles. The minimum Gasteiger partial charge on any atom is -0.477 e. The van der Waals surface area contributed by atoms with Crippen LogP contribution in [0.25, 0.3) is 6.08 Å². The maximum atomic E-state index is 12.9. The normalized spacial score (nSPS) is 19.0. The minimum atomic E-state index is -5.08. The van der Waals surface area contributed by atoms with Gasteiger partial charge in [-0.1, -0.05) is 11.2 Å². The fourth-order valence-electron chi connectivity index (χ4n) is 3.32. The molecule has 1 saturated heterocycles. The predicted octanol–water partition coefficient (Wildman–Crippen LogP) is 1.93. The summed E-state index contributed by atoms with van der Waals surface area (Å²) in [5.41, 5.74) is 8.68. The second-order valence-electron chi connectivity index (χ2n) is 7.67. The van der Waals surface area contributed by atoms with Crippen molar-refractivity contribution in [3.05, 3.63) is 44.5 Å². The largest absolute Gasteiger partial charge is 0.490 e. The molecule has 4 rings (SSSR count). The number of thioether (sulfide) groups is 1. The van der Waals surface area contributed by atoms with E-state index in [2.05, 4.69) is 20.4 Å². The van der Waals surface area contributed by atoms with Crippen LogP contribution in [0.2, 0.25) is 0 Å². The van der Waals surface area contributed by atoms with E-state index in [0.29, 0.717) is 11.3 Å². The number of anilines is 1. The molecule has 40 heavy (non-hydrogen) atoms. The van der Waals surface area contributed by atoms with Crippen molar-refractivity contribution >= 4 is 75.1 Å². The number of hydrogen-bond donors (Lipinski definition) is 4. The Balaban J connectivity index is 0.000000559. The SMILES string of the molecule is CON=C(C(=O)NC1C(=O)N2C(C(=O)O)=C(C=Cc3scnc3C)CS[C@@H]12)c1csc(N)n1.O=C(O)C(F)(F)F. The summed E-state index contributed by atoms with van der Waals surface area (Å²) in [5, 5.41) is 24.5. The Hall–Kier alpha value is -3.97. The van der Waals surface area contributed by atoms with Crippen molar-refractivity contribution in [3.8, 4) is 0 Å². The average molecular weight is 621 g/mol. The minimum absolute atomic E-state index is 0.0919. The maximum Gasteiger partial charge on any atom is 0.490 e. The lowest BCUT2D eigenvalue weighted by Gasteiger charge is -2.49. The van der Waals surface area contributed by atoms with E-state index in [9.17, 15) is 32.7 Å². The number of β-lactam (4-membered cyclic amide) rings is 1. The molecule has 13 nitrogen and oxygen atoms in total. The number of aromatic nitrogens is 2. The number of thiazole rings is 2. The summed E-state index contributed by atoms with van der Waals surface area (Å²) in [6.07, 6.45) is -1.59. The summed E-state index contributed by atoms with van der Waals surface area (Å²) in [7, 11) is 1.28. The Morgan fingerprint density at radius 1 is 1.27 bits per heavy atom. The van der Waals surface area contributed by atoms with Gasteiger partial charge in [-0.15, -0.1) is 34.4 Å². The highest BCUT2D eigenvalue weighted by atomic mass is 32.2. The van der Waals surface area contributed by atoms with E-state index in [1.807, 2.05) is 6.92 Å². The lowest BCUT2D eigenvalue weighted by atomic mass is 10.0. The van der Waals surface area contributed by atoms with Crippen molar-refractivity contribution in [2.45, 2.75) is 24.5 Å². The third-order valence-corrected chi connectivity index (χ3v) is 7.98. The van der Waals surface area contributed by atoms with Gasteiger partial charge in [-0.05, 0) is 18.6 Å². The van der Waals surface area contributed by atoms with Crippen LogP contribution in [0.15, 0.2) is 33.4 Å². The topological polar surface area (TPSA) is 197 Å². The standard InChI is InChI=1S/C19H18N6O5S3.C2HF3O2/c1-8-11(33-7-21-8)4-3-9-5-31-17-13(16(27)25(17)14(9)18(28)29)23-15(26)12(24-30-2)10-6-32-19(20)22-10;3-2(4,5)1(6)7/h3-4,6-7,13,17H,5H2,1-2H3,(H2,20,22)(H,23,26)(H,28,29);(H,6,7)/t13?,17-;/m0./s1. The number of rotatable bonds is 7. The van der Waals surface area contributed by atoms with Crippen LogP contribution in [-0.2, 0) is 24.0 Å². The van der Waals surface area contributed by atoms with E-state index in [-0.39, 0.29) is 22.2 Å². The van der Waals surface area contributed by atoms with Crippen LogP contribution in [0.5, 0.6) is 0 Å². The van der Waals surface area contributed by atoms with Crippen LogP contribution in [0.3, 0.4) is 0 Å². The molecule has 0 radical (unpaired) electrons. The Morgan fingerprint density at radius 3 is 2.45 bits per heavy atom. The molecule has 2 aromatic rings. The van der Waals surface area contributed by atoms with Crippen molar-refractivity contribution in [1.82, 2.24) is 20.2 Å². The van der Waals surface area contributed by atoms with Gasteiger partial charge in [0, 0.05) is 16.0 Å². The molecule has 0 bridgehead atoms. The van der Waals surface area contributed by atoms with Crippen LogP contribution >= 0.6 is 34.4 Å². The molecule has 0 aromatic carbocycles. The number of carbonyl (C=O) groups excluding carboxylic acids is 2. The highest BCUT2D eigenvalue weighted by Crippen LogP contribution is 2.41. The van der Waals surface area contributed by atoms with Gasteiger partial charge in [0.2, 0.25) is 0 Å². The molecular formula is C21H19F3N6O7S3. The first-order valence-electron chi connectivity index (χ1n) is 10.7. The Bertz CT molecular complexity index is 1420. The summed E-state index contributed by atoms with van der Waals surface area (Å²) in [5.74, 6) is -4.80. The highest BCUT2D eigenvalue weighted by molar-refractivity contribution is 8.00.